The second-order valence-corrected chi connectivity index (χ2v) is 15.5. The second-order valence-electron chi connectivity index (χ2n) is 14.4. The van der Waals surface area contributed by atoms with Gasteiger partial charge < -0.3 is 8.83 Å². The Morgan fingerprint density at radius 2 is 0.842 bits per heavy atom. The molecule has 6 heteroatoms. The normalized spacial score (nSPS) is 11.9. The van der Waals surface area contributed by atoms with Gasteiger partial charge in [-0.2, -0.15) is 0 Å². The number of aromatic nitrogens is 3. The SMILES string of the molecule is c1ccc(-c2cccc3c2oc2cc(-c4nc(-c5cccc(-c6ccc7c(c6)sc6ccccc67)c5)nc(-c5ccc6c(c5)oc5ccccc56)n4)ccc23)cc1. The second kappa shape index (κ2) is 12.6. The monoisotopic (exact) mass is 747 g/mol. The number of hydrogen-bond donors (Lipinski definition) is 0. The van der Waals surface area contributed by atoms with E-state index in [-0.39, 0.29) is 0 Å². The summed E-state index contributed by atoms with van der Waals surface area (Å²) in [5, 5.41) is 6.82. The largest absolute Gasteiger partial charge is 0.456 e. The van der Waals surface area contributed by atoms with E-state index in [9.17, 15) is 0 Å². The quantitative estimate of drug-likeness (QED) is 0.175. The topological polar surface area (TPSA) is 65.0 Å². The molecule has 0 aliphatic rings. The van der Waals surface area contributed by atoms with Gasteiger partial charge in [0, 0.05) is 64.0 Å². The molecule has 4 aromatic heterocycles. The van der Waals surface area contributed by atoms with E-state index in [0.717, 1.165) is 82.8 Å². The Morgan fingerprint density at radius 1 is 0.316 bits per heavy atom. The third-order valence-electron chi connectivity index (χ3n) is 10.9. The Labute approximate surface area is 330 Å². The highest BCUT2D eigenvalue weighted by Gasteiger charge is 2.18. The highest BCUT2D eigenvalue weighted by atomic mass is 32.1. The molecule has 57 heavy (non-hydrogen) atoms. The molecule has 0 aliphatic heterocycles. The molecular weight excluding hydrogens is 719 g/mol. The molecule has 5 nitrogen and oxygen atoms in total. The lowest BCUT2D eigenvalue weighted by molar-refractivity contribution is 0.669. The fourth-order valence-electron chi connectivity index (χ4n) is 8.15. The Hall–Kier alpha value is -7.41. The summed E-state index contributed by atoms with van der Waals surface area (Å²) in [5.74, 6) is 1.70. The van der Waals surface area contributed by atoms with Crippen molar-refractivity contribution in [2.24, 2.45) is 0 Å². The first-order chi connectivity index (χ1) is 28.2. The number of nitrogens with zero attached hydrogens (tertiary/aromatic N) is 3. The average Bonchev–Trinajstić information content (AvgIpc) is 3.97. The van der Waals surface area contributed by atoms with Crippen molar-refractivity contribution >= 4 is 75.4 Å². The lowest BCUT2D eigenvalue weighted by Crippen LogP contribution is -2.00. The van der Waals surface area contributed by atoms with E-state index in [1.807, 2.05) is 47.7 Å². The molecule has 12 aromatic rings. The van der Waals surface area contributed by atoms with Gasteiger partial charge in [0.2, 0.25) is 0 Å². The minimum Gasteiger partial charge on any atom is -0.456 e. The number of fused-ring (bicyclic) bond motifs is 9. The Kier molecular flexibility index (Phi) is 7.03. The molecule has 0 radical (unpaired) electrons. The molecule has 266 valence electrons. The zero-order chi connectivity index (χ0) is 37.5. The molecule has 12 rings (SSSR count). The van der Waals surface area contributed by atoms with Crippen molar-refractivity contribution in [3.05, 3.63) is 176 Å². The highest BCUT2D eigenvalue weighted by molar-refractivity contribution is 7.25. The number of para-hydroxylation sites is 2. The molecule has 0 bridgehead atoms. The summed E-state index contributed by atoms with van der Waals surface area (Å²) >= 11 is 1.83. The van der Waals surface area contributed by atoms with Crippen molar-refractivity contribution in [2.75, 3.05) is 0 Å². The van der Waals surface area contributed by atoms with Crippen LogP contribution in [0.3, 0.4) is 0 Å². The van der Waals surface area contributed by atoms with Crippen molar-refractivity contribution in [2.45, 2.75) is 0 Å². The molecule has 8 aromatic carbocycles. The lowest BCUT2D eigenvalue weighted by atomic mass is 10.0. The minimum absolute atomic E-state index is 0.558. The Morgan fingerprint density at radius 3 is 1.65 bits per heavy atom. The van der Waals surface area contributed by atoms with E-state index in [1.165, 1.54) is 20.2 Å². The molecular formula is C51H29N3O2S. The van der Waals surface area contributed by atoms with E-state index in [2.05, 4.69) is 140 Å². The Bertz CT molecular complexity index is 3540. The van der Waals surface area contributed by atoms with E-state index in [1.54, 1.807) is 0 Å². The number of benzene rings is 8. The van der Waals surface area contributed by atoms with Gasteiger partial charge in [-0.1, -0.05) is 127 Å². The van der Waals surface area contributed by atoms with E-state index >= 15 is 0 Å². The highest BCUT2D eigenvalue weighted by Crippen LogP contribution is 2.40. The van der Waals surface area contributed by atoms with Crippen LogP contribution in [0.5, 0.6) is 0 Å². The molecule has 0 N–H and O–H groups in total. The van der Waals surface area contributed by atoms with Crippen molar-refractivity contribution in [3.63, 3.8) is 0 Å². The zero-order valence-corrected chi connectivity index (χ0v) is 31.1. The van der Waals surface area contributed by atoms with Crippen molar-refractivity contribution < 1.29 is 8.83 Å². The van der Waals surface area contributed by atoms with Gasteiger partial charge in [0.1, 0.15) is 22.3 Å². The predicted octanol–water partition coefficient (Wildman–Crippen LogP) is 14.4. The minimum atomic E-state index is 0.558. The maximum atomic E-state index is 6.64. The van der Waals surface area contributed by atoms with Gasteiger partial charge in [0.05, 0.1) is 0 Å². The molecule has 0 aliphatic carbocycles. The third kappa shape index (κ3) is 5.26. The summed E-state index contributed by atoms with van der Waals surface area (Å²) in [5.41, 5.74) is 10.3. The Balaban J connectivity index is 1.01. The lowest BCUT2D eigenvalue weighted by Gasteiger charge is -2.10. The van der Waals surface area contributed by atoms with Crippen LogP contribution in [0.2, 0.25) is 0 Å². The maximum Gasteiger partial charge on any atom is 0.164 e. The molecule has 0 fully saturated rings. The molecule has 4 heterocycles. The third-order valence-corrected chi connectivity index (χ3v) is 12.1. The average molecular weight is 748 g/mol. The van der Waals surface area contributed by atoms with Crippen molar-refractivity contribution in [1.29, 1.82) is 0 Å². The van der Waals surface area contributed by atoms with E-state index < -0.39 is 0 Å². The first kappa shape index (κ1) is 31.9. The van der Waals surface area contributed by atoms with E-state index in [4.69, 9.17) is 23.8 Å². The molecule has 0 spiro atoms. The molecule has 0 amide bonds. The first-order valence-electron chi connectivity index (χ1n) is 18.9. The molecule has 0 saturated carbocycles. The number of thiophene rings is 1. The van der Waals surface area contributed by atoms with Gasteiger partial charge in [-0.15, -0.1) is 11.3 Å². The van der Waals surface area contributed by atoms with Crippen LogP contribution in [0.25, 0.3) is 120 Å². The summed E-state index contributed by atoms with van der Waals surface area (Å²) in [6.45, 7) is 0. The van der Waals surface area contributed by atoms with Crippen LogP contribution in [0.15, 0.2) is 185 Å². The van der Waals surface area contributed by atoms with Gasteiger partial charge >= 0.3 is 0 Å². The van der Waals surface area contributed by atoms with E-state index in [0.29, 0.717) is 17.5 Å². The van der Waals surface area contributed by atoms with Gasteiger partial charge in [-0.3, -0.25) is 0 Å². The summed E-state index contributed by atoms with van der Waals surface area (Å²) in [6, 6.07) is 61.0. The van der Waals surface area contributed by atoms with Crippen LogP contribution in [0.1, 0.15) is 0 Å². The molecule has 0 atom stereocenters. The van der Waals surface area contributed by atoms with Gasteiger partial charge in [-0.05, 0) is 65.2 Å². The number of hydrogen-bond acceptors (Lipinski definition) is 6. The van der Waals surface area contributed by atoms with Crippen LogP contribution in [-0.4, -0.2) is 15.0 Å². The van der Waals surface area contributed by atoms with Crippen LogP contribution < -0.4 is 0 Å². The van der Waals surface area contributed by atoms with Gasteiger partial charge in [0.15, 0.2) is 17.5 Å². The van der Waals surface area contributed by atoms with Crippen LogP contribution in [0.4, 0.5) is 0 Å². The fraction of sp³-hybridized carbons (Fsp3) is 0. The van der Waals surface area contributed by atoms with Crippen LogP contribution in [-0.2, 0) is 0 Å². The number of rotatable bonds is 5. The molecule has 0 unspecified atom stereocenters. The smallest absolute Gasteiger partial charge is 0.164 e. The van der Waals surface area contributed by atoms with Crippen molar-refractivity contribution in [1.82, 2.24) is 15.0 Å². The predicted molar refractivity (Wildman–Crippen MR) is 234 cm³/mol. The molecule has 0 saturated heterocycles. The standard InChI is InChI=1S/C51H29N3O2S/c1-2-10-30(11-3-1)36-16-9-17-42-39-24-22-35(28-45(39)56-48(36)42)51-53-49(52-50(54-51)34-21-23-38-37-14-4-6-18-43(37)55-44(38)27-34)33-13-8-12-31(26-33)32-20-25-41-40-15-5-7-19-46(40)57-47(41)29-32/h1-29H. The summed E-state index contributed by atoms with van der Waals surface area (Å²) in [6.07, 6.45) is 0. The summed E-state index contributed by atoms with van der Waals surface area (Å²) in [4.78, 5) is 15.4. The first-order valence-corrected chi connectivity index (χ1v) is 19.7. The zero-order valence-electron chi connectivity index (χ0n) is 30.3. The number of furan rings is 2. The van der Waals surface area contributed by atoms with Crippen LogP contribution >= 0.6 is 11.3 Å². The van der Waals surface area contributed by atoms with Gasteiger partial charge in [0.25, 0.3) is 0 Å². The van der Waals surface area contributed by atoms with Crippen molar-refractivity contribution in [3.8, 4) is 56.4 Å². The summed E-state index contributed by atoms with van der Waals surface area (Å²) in [7, 11) is 0. The maximum absolute atomic E-state index is 6.64. The summed E-state index contributed by atoms with van der Waals surface area (Å²) < 4.78 is 15.5. The van der Waals surface area contributed by atoms with Crippen LogP contribution in [0, 0.1) is 0 Å². The fourth-order valence-corrected chi connectivity index (χ4v) is 9.30. The van der Waals surface area contributed by atoms with Gasteiger partial charge in [-0.25, -0.2) is 15.0 Å².